The van der Waals surface area contributed by atoms with Gasteiger partial charge in [-0.1, -0.05) is 29.8 Å². The molecule has 2 aromatic rings. The number of amidine groups is 1. The Hall–Kier alpha value is -2.44. The van der Waals surface area contributed by atoms with E-state index in [1.54, 1.807) is 0 Å². The van der Waals surface area contributed by atoms with Crippen LogP contribution in [0.15, 0.2) is 58.4 Å². The zero-order chi connectivity index (χ0) is 21.1. The standard InChI is InChI=1S/C23H24ClN3O2S/c1-16(2)29-20-8-6-17(7-9-20)14-21-22(28)25-23(30-21)27-12-10-26(11-13-27)19-5-3-4-18(24)15-19/h3-9,14-16H,10-13H2,1-2H3. The van der Waals surface area contributed by atoms with Crippen molar-refractivity contribution in [2.75, 3.05) is 31.1 Å². The molecular formula is C23H24ClN3O2S. The topological polar surface area (TPSA) is 45.1 Å². The summed E-state index contributed by atoms with van der Waals surface area (Å²) in [5.74, 6) is 0.654. The second-order valence-electron chi connectivity index (χ2n) is 7.50. The van der Waals surface area contributed by atoms with Gasteiger partial charge in [0.2, 0.25) is 0 Å². The quantitative estimate of drug-likeness (QED) is 0.630. The normalized spacial score (nSPS) is 18.3. The van der Waals surface area contributed by atoms with Crippen molar-refractivity contribution in [2.24, 2.45) is 4.99 Å². The Morgan fingerprint density at radius 2 is 1.77 bits per heavy atom. The lowest BCUT2D eigenvalue weighted by atomic mass is 10.2. The minimum atomic E-state index is -0.172. The van der Waals surface area contributed by atoms with Crippen LogP contribution in [0.4, 0.5) is 5.69 Å². The zero-order valence-corrected chi connectivity index (χ0v) is 18.6. The Morgan fingerprint density at radius 1 is 1.07 bits per heavy atom. The van der Waals surface area contributed by atoms with Crippen molar-refractivity contribution in [3.8, 4) is 5.75 Å². The van der Waals surface area contributed by atoms with Crippen LogP contribution in [0, 0.1) is 0 Å². The fraction of sp³-hybridized carbons (Fsp3) is 0.304. The largest absolute Gasteiger partial charge is 0.491 e. The molecule has 2 heterocycles. The van der Waals surface area contributed by atoms with Crippen molar-refractivity contribution in [2.45, 2.75) is 20.0 Å². The maximum Gasteiger partial charge on any atom is 0.286 e. The average molecular weight is 442 g/mol. The van der Waals surface area contributed by atoms with Crippen LogP contribution in [0.5, 0.6) is 5.75 Å². The molecule has 30 heavy (non-hydrogen) atoms. The van der Waals surface area contributed by atoms with E-state index >= 15 is 0 Å². The summed E-state index contributed by atoms with van der Waals surface area (Å²) in [7, 11) is 0. The summed E-state index contributed by atoms with van der Waals surface area (Å²) in [6.45, 7) is 7.37. The fourth-order valence-electron chi connectivity index (χ4n) is 3.43. The lowest BCUT2D eigenvalue weighted by Gasteiger charge is -2.36. The van der Waals surface area contributed by atoms with Crippen LogP contribution < -0.4 is 9.64 Å². The van der Waals surface area contributed by atoms with Gasteiger partial charge in [0.1, 0.15) is 5.75 Å². The molecule has 2 aliphatic rings. The molecule has 0 N–H and O–H groups in total. The number of rotatable bonds is 4. The molecule has 4 rings (SSSR count). The lowest BCUT2D eigenvalue weighted by molar-refractivity contribution is -0.113. The van der Waals surface area contributed by atoms with Crippen molar-refractivity contribution in [1.82, 2.24) is 4.90 Å². The molecule has 7 heteroatoms. The Morgan fingerprint density at radius 3 is 2.43 bits per heavy atom. The van der Waals surface area contributed by atoms with Crippen LogP contribution in [0.3, 0.4) is 0 Å². The minimum Gasteiger partial charge on any atom is -0.491 e. The van der Waals surface area contributed by atoms with Crippen molar-refractivity contribution >= 4 is 46.2 Å². The van der Waals surface area contributed by atoms with Crippen LogP contribution in [0.25, 0.3) is 6.08 Å². The molecule has 1 saturated heterocycles. The van der Waals surface area contributed by atoms with Gasteiger partial charge in [-0.3, -0.25) is 4.79 Å². The fourth-order valence-corrected chi connectivity index (χ4v) is 4.58. The molecule has 1 fully saturated rings. The van der Waals surface area contributed by atoms with E-state index in [0.717, 1.165) is 53.4 Å². The van der Waals surface area contributed by atoms with Gasteiger partial charge in [0.25, 0.3) is 5.91 Å². The number of hydrogen-bond donors (Lipinski definition) is 0. The minimum absolute atomic E-state index is 0.136. The van der Waals surface area contributed by atoms with Gasteiger partial charge in [0, 0.05) is 36.9 Å². The van der Waals surface area contributed by atoms with E-state index < -0.39 is 0 Å². The monoisotopic (exact) mass is 441 g/mol. The van der Waals surface area contributed by atoms with Crippen LogP contribution in [0.1, 0.15) is 19.4 Å². The smallest absolute Gasteiger partial charge is 0.286 e. The first kappa shape index (κ1) is 20.8. The average Bonchev–Trinajstić information content (AvgIpc) is 3.09. The number of benzene rings is 2. The van der Waals surface area contributed by atoms with Gasteiger partial charge in [-0.2, -0.15) is 4.99 Å². The number of piperazine rings is 1. The number of amides is 1. The third-order valence-corrected chi connectivity index (χ3v) is 6.16. The first-order valence-corrected chi connectivity index (χ1v) is 11.2. The van der Waals surface area contributed by atoms with Gasteiger partial charge in [0.05, 0.1) is 11.0 Å². The molecule has 1 amide bonds. The molecule has 0 saturated carbocycles. The SMILES string of the molecule is CC(C)Oc1ccc(C=C2SC(N3CCN(c4cccc(Cl)c4)CC3)=NC2=O)cc1. The molecule has 2 aliphatic heterocycles. The van der Waals surface area contributed by atoms with Crippen molar-refractivity contribution in [3.05, 3.63) is 64.0 Å². The van der Waals surface area contributed by atoms with E-state index in [1.165, 1.54) is 11.8 Å². The van der Waals surface area contributed by atoms with Crippen LogP contribution in [-0.4, -0.2) is 48.3 Å². The molecule has 0 radical (unpaired) electrons. The van der Waals surface area contributed by atoms with E-state index in [0.29, 0.717) is 4.91 Å². The second-order valence-corrected chi connectivity index (χ2v) is 8.95. The van der Waals surface area contributed by atoms with Gasteiger partial charge in [0.15, 0.2) is 5.17 Å². The number of nitrogens with zero attached hydrogens (tertiary/aromatic N) is 3. The highest BCUT2D eigenvalue weighted by molar-refractivity contribution is 8.18. The predicted octanol–water partition coefficient (Wildman–Crippen LogP) is 4.92. The Labute approximate surface area is 186 Å². The van der Waals surface area contributed by atoms with Gasteiger partial charge < -0.3 is 14.5 Å². The second kappa shape index (κ2) is 9.14. The van der Waals surface area contributed by atoms with Crippen molar-refractivity contribution < 1.29 is 9.53 Å². The summed E-state index contributed by atoms with van der Waals surface area (Å²) in [5, 5.41) is 1.53. The number of halogens is 1. The number of carbonyl (C=O) groups excluding carboxylic acids is 1. The highest BCUT2D eigenvalue weighted by Crippen LogP contribution is 2.31. The van der Waals surface area contributed by atoms with Gasteiger partial charge >= 0.3 is 0 Å². The van der Waals surface area contributed by atoms with Crippen molar-refractivity contribution in [3.63, 3.8) is 0 Å². The number of thioether (sulfide) groups is 1. The number of hydrogen-bond acceptors (Lipinski definition) is 5. The van der Waals surface area contributed by atoms with Gasteiger partial charge in [-0.15, -0.1) is 0 Å². The van der Waals surface area contributed by atoms with E-state index in [9.17, 15) is 4.79 Å². The summed E-state index contributed by atoms with van der Waals surface area (Å²) in [6, 6.07) is 15.7. The number of carbonyl (C=O) groups is 1. The van der Waals surface area contributed by atoms with Crippen LogP contribution in [0.2, 0.25) is 5.02 Å². The molecular weight excluding hydrogens is 418 g/mol. The van der Waals surface area contributed by atoms with Gasteiger partial charge in [-0.25, -0.2) is 0 Å². The summed E-state index contributed by atoms with van der Waals surface area (Å²) in [4.78, 5) is 21.9. The highest BCUT2D eigenvalue weighted by atomic mass is 35.5. The number of aliphatic imine (C=N–C) groups is 1. The molecule has 0 bridgehead atoms. The molecule has 0 spiro atoms. The summed E-state index contributed by atoms with van der Waals surface area (Å²) < 4.78 is 5.67. The Kier molecular flexibility index (Phi) is 6.35. The maximum absolute atomic E-state index is 12.4. The van der Waals surface area contributed by atoms with E-state index in [2.05, 4.69) is 20.9 Å². The highest BCUT2D eigenvalue weighted by Gasteiger charge is 2.28. The Balaban J connectivity index is 1.36. The van der Waals surface area contributed by atoms with Crippen LogP contribution >= 0.6 is 23.4 Å². The molecule has 0 aliphatic carbocycles. The first-order valence-electron chi connectivity index (χ1n) is 10.0. The lowest BCUT2D eigenvalue weighted by Crippen LogP contribution is -2.47. The van der Waals surface area contributed by atoms with E-state index in [-0.39, 0.29) is 12.0 Å². The molecule has 0 atom stereocenters. The summed E-state index contributed by atoms with van der Waals surface area (Å²) in [6.07, 6.45) is 2.03. The summed E-state index contributed by atoms with van der Waals surface area (Å²) >= 11 is 7.57. The number of anilines is 1. The van der Waals surface area contributed by atoms with E-state index in [4.69, 9.17) is 16.3 Å². The predicted molar refractivity (Wildman–Crippen MR) is 125 cm³/mol. The third-order valence-electron chi connectivity index (χ3n) is 4.88. The van der Waals surface area contributed by atoms with Gasteiger partial charge in [-0.05, 0) is 67.6 Å². The van der Waals surface area contributed by atoms with E-state index in [1.807, 2.05) is 62.4 Å². The third kappa shape index (κ3) is 4.99. The first-order chi connectivity index (χ1) is 14.5. The molecule has 2 aromatic carbocycles. The zero-order valence-electron chi connectivity index (χ0n) is 17.0. The molecule has 0 unspecified atom stereocenters. The number of ether oxygens (including phenoxy) is 1. The van der Waals surface area contributed by atoms with Crippen LogP contribution in [-0.2, 0) is 4.79 Å². The van der Waals surface area contributed by atoms with Crippen molar-refractivity contribution in [1.29, 1.82) is 0 Å². The molecule has 156 valence electrons. The maximum atomic E-state index is 12.4. The summed E-state index contributed by atoms with van der Waals surface area (Å²) in [5.41, 5.74) is 2.09. The Bertz CT molecular complexity index is 980. The molecule has 5 nitrogen and oxygen atoms in total. The molecule has 0 aromatic heterocycles.